The van der Waals surface area contributed by atoms with E-state index in [0.717, 1.165) is 5.56 Å². The van der Waals surface area contributed by atoms with Gasteiger partial charge in [-0.3, -0.25) is 0 Å². The lowest BCUT2D eigenvalue weighted by Crippen LogP contribution is -2.55. The van der Waals surface area contributed by atoms with Gasteiger partial charge in [0, 0.05) is 25.2 Å². The van der Waals surface area contributed by atoms with Crippen LogP contribution >= 0.6 is 12.4 Å². The Morgan fingerprint density at radius 1 is 1.26 bits per heavy atom. The average molecular weight is 285 g/mol. The first-order valence-corrected chi connectivity index (χ1v) is 6.37. The number of halogens is 1. The van der Waals surface area contributed by atoms with Gasteiger partial charge >= 0.3 is 6.09 Å². The number of carbonyl (C=O) groups is 1. The van der Waals surface area contributed by atoms with Gasteiger partial charge in [0.05, 0.1) is 0 Å². The van der Waals surface area contributed by atoms with Crippen LogP contribution in [0.1, 0.15) is 19.4 Å². The van der Waals surface area contributed by atoms with E-state index < -0.39 is 0 Å². The summed E-state index contributed by atoms with van der Waals surface area (Å²) in [6.07, 6.45) is -0.223. The minimum Gasteiger partial charge on any atom is -0.445 e. The fraction of sp³-hybridized carbons (Fsp3) is 0.500. The van der Waals surface area contributed by atoms with Crippen molar-refractivity contribution in [1.29, 1.82) is 0 Å². The molecule has 1 saturated heterocycles. The molecule has 1 heterocycles. The summed E-state index contributed by atoms with van der Waals surface area (Å²) in [5.41, 5.74) is 1.02. The first-order chi connectivity index (χ1) is 8.65. The highest BCUT2D eigenvalue weighted by Crippen LogP contribution is 2.08. The van der Waals surface area contributed by atoms with Crippen molar-refractivity contribution in [3.05, 3.63) is 35.9 Å². The van der Waals surface area contributed by atoms with Gasteiger partial charge in [-0.05, 0) is 19.4 Å². The topological polar surface area (TPSA) is 41.6 Å². The quantitative estimate of drug-likeness (QED) is 0.907. The number of hydrogen-bond acceptors (Lipinski definition) is 3. The Morgan fingerprint density at radius 3 is 2.42 bits per heavy atom. The highest BCUT2D eigenvalue weighted by Gasteiger charge is 2.25. The van der Waals surface area contributed by atoms with Crippen molar-refractivity contribution in [2.45, 2.75) is 32.5 Å². The number of rotatable bonds is 2. The number of ether oxygens (including phenoxy) is 1. The van der Waals surface area contributed by atoms with Crippen molar-refractivity contribution in [3.63, 3.8) is 0 Å². The molecular formula is C14H21ClN2O2. The highest BCUT2D eigenvalue weighted by atomic mass is 35.5. The van der Waals surface area contributed by atoms with Crippen molar-refractivity contribution < 1.29 is 9.53 Å². The zero-order valence-electron chi connectivity index (χ0n) is 11.3. The van der Waals surface area contributed by atoms with Gasteiger partial charge in [0.1, 0.15) is 6.61 Å². The monoisotopic (exact) mass is 284 g/mol. The lowest BCUT2D eigenvalue weighted by atomic mass is 10.2. The molecule has 2 rings (SSSR count). The molecule has 0 spiro atoms. The van der Waals surface area contributed by atoms with E-state index >= 15 is 0 Å². The lowest BCUT2D eigenvalue weighted by Gasteiger charge is -2.35. The van der Waals surface area contributed by atoms with E-state index in [4.69, 9.17) is 4.74 Å². The average Bonchev–Trinajstić information content (AvgIpc) is 2.36. The summed E-state index contributed by atoms with van der Waals surface area (Å²) in [6.45, 7) is 5.91. The van der Waals surface area contributed by atoms with Crippen LogP contribution in [0.2, 0.25) is 0 Å². The van der Waals surface area contributed by atoms with E-state index in [1.54, 1.807) is 4.90 Å². The number of carbonyl (C=O) groups excluding carboxylic acids is 1. The number of piperazine rings is 1. The first kappa shape index (κ1) is 15.8. The second kappa shape index (κ2) is 7.36. The second-order valence-corrected chi connectivity index (χ2v) is 4.91. The van der Waals surface area contributed by atoms with Gasteiger partial charge in [-0.25, -0.2) is 4.79 Å². The van der Waals surface area contributed by atoms with Gasteiger partial charge < -0.3 is 15.0 Å². The van der Waals surface area contributed by atoms with Gasteiger partial charge in [-0.1, -0.05) is 30.3 Å². The third-order valence-electron chi connectivity index (χ3n) is 3.02. The Morgan fingerprint density at radius 2 is 1.84 bits per heavy atom. The zero-order chi connectivity index (χ0) is 13.0. The number of nitrogens with zero attached hydrogens (tertiary/aromatic N) is 1. The molecule has 2 atom stereocenters. The molecule has 0 saturated carbocycles. The van der Waals surface area contributed by atoms with Gasteiger partial charge in [0.2, 0.25) is 0 Å². The predicted octanol–water partition coefficient (Wildman–Crippen LogP) is 2.43. The molecule has 1 aromatic rings. The summed E-state index contributed by atoms with van der Waals surface area (Å²) < 4.78 is 5.32. The summed E-state index contributed by atoms with van der Waals surface area (Å²) in [7, 11) is 0. The van der Waals surface area contributed by atoms with Crippen molar-refractivity contribution in [2.24, 2.45) is 0 Å². The molecule has 1 amide bonds. The Kier molecular flexibility index (Phi) is 6.12. The molecule has 0 aromatic heterocycles. The van der Waals surface area contributed by atoms with Crippen LogP contribution in [0.15, 0.2) is 30.3 Å². The molecule has 1 aliphatic rings. The Hall–Kier alpha value is -1.26. The molecule has 1 aromatic carbocycles. The summed E-state index contributed by atoms with van der Waals surface area (Å²) in [6, 6.07) is 10.4. The number of amides is 1. The van der Waals surface area contributed by atoms with Crippen LogP contribution in [0.25, 0.3) is 0 Å². The van der Waals surface area contributed by atoms with Crippen molar-refractivity contribution in [2.75, 3.05) is 13.1 Å². The Bertz CT molecular complexity index is 390. The maximum atomic E-state index is 11.9. The molecule has 4 nitrogen and oxygen atoms in total. The van der Waals surface area contributed by atoms with Crippen molar-refractivity contribution in [1.82, 2.24) is 10.2 Å². The third kappa shape index (κ3) is 4.73. The van der Waals surface area contributed by atoms with E-state index in [9.17, 15) is 4.79 Å². The van der Waals surface area contributed by atoms with E-state index in [2.05, 4.69) is 19.2 Å². The van der Waals surface area contributed by atoms with Crippen molar-refractivity contribution in [3.8, 4) is 0 Å². The maximum Gasteiger partial charge on any atom is 0.410 e. The third-order valence-corrected chi connectivity index (χ3v) is 3.02. The predicted molar refractivity (Wildman–Crippen MR) is 77.5 cm³/mol. The van der Waals surface area contributed by atoms with Gasteiger partial charge in [0.25, 0.3) is 0 Å². The fourth-order valence-electron chi connectivity index (χ4n) is 2.29. The Balaban J connectivity index is 0.00000180. The molecule has 19 heavy (non-hydrogen) atoms. The molecule has 1 aliphatic heterocycles. The highest BCUT2D eigenvalue weighted by molar-refractivity contribution is 5.85. The molecule has 0 aliphatic carbocycles. The summed E-state index contributed by atoms with van der Waals surface area (Å²) in [4.78, 5) is 13.7. The first-order valence-electron chi connectivity index (χ1n) is 6.37. The van der Waals surface area contributed by atoms with Crippen molar-refractivity contribution >= 4 is 18.5 Å². The van der Waals surface area contributed by atoms with Crippen LogP contribution in [0.3, 0.4) is 0 Å². The normalized spacial score (nSPS) is 22.5. The van der Waals surface area contributed by atoms with Gasteiger partial charge in [-0.15, -0.1) is 12.4 Å². The molecule has 2 unspecified atom stereocenters. The number of benzene rings is 1. The number of hydrogen-bond donors (Lipinski definition) is 1. The molecule has 0 bridgehead atoms. The standard InChI is InChI=1S/C14H20N2O2.ClH/c1-11-8-16(9-12(2)15-11)14(17)18-10-13-6-4-3-5-7-13;/h3-7,11-12,15H,8-10H2,1-2H3;1H. The van der Waals surface area contributed by atoms with Gasteiger partial charge in [-0.2, -0.15) is 0 Å². The molecule has 1 fully saturated rings. The summed E-state index contributed by atoms with van der Waals surface area (Å²) in [5.74, 6) is 0. The number of nitrogens with one attached hydrogen (secondary N) is 1. The molecule has 5 heteroatoms. The minimum absolute atomic E-state index is 0. The fourth-order valence-corrected chi connectivity index (χ4v) is 2.29. The van der Waals surface area contributed by atoms with Crippen LogP contribution in [-0.4, -0.2) is 36.2 Å². The van der Waals surface area contributed by atoms with Crippen LogP contribution in [0.5, 0.6) is 0 Å². The van der Waals surface area contributed by atoms with Crippen LogP contribution < -0.4 is 5.32 Å². The second-order valence-electron chi connectivity index (χ2n) is 4.91. The Labute approximate surface area is 120 Å². The SMILES string of the molecule is CC1CN(C(=O)OCc2ccccc2)CC(C)N1.Cl. The van der Waals surface area contributed by atoms with E-state index in [1.807, 2.05) is 30.3 Å². The lowest BCUT2D eigenvalue weighted by molar-refractivity contribution is 0.0792. The van der Waals surface area contributed by atoms with E-state index in [1.165, 1.54) is 0 Å². The smallest absolute Gasteiger partial charge is 0.410 e. The molecule has 106 valence electrons. The van der Waals surface area contributed by atoms with E-state index in [-0.39, 0.29) is 18.5 Å². The van der Waals surface area contributed by atoms with E-state index in [0.29, 0.717) is 31.8 Å². The molecular weight excluding hydrogens is 264 g/mol. The summed E-state index contributed by atoms with van der Waals surface area (Å²) >= 11 is 0. The zero-order valence-corrected chi connectivity index (χ0v) is 12.2. The maximum absolute atomic E-state index is 11.9. The minimum atomic E-state index is -0.223. The molecule has 1 N–H and O–H groups in total. The van der Waals surface area contributed by atoms with Gasteiger partial charge in [0.15, 0.2) is 0 Å². The van der Waals surface area contributed by atoms with Crippen LogP contribution in [0.4, 0.5) is 4.79 Å². The largest absolute Gasteiger partial charge is 0.445 e. The molecule has 0 radical (unpaired) electrons. The summed E-state index contributed by atoms with van der Waals surface area (Å²) in [5, 5.41) is 3.39. The van der Waals surface area contributed by atoms with Crippen LogP contribution in [-0.2, 0) is 11.3 Å². The van der Waals surface area contributed by atoms with Crippen LogP contribution in [0, 0.1) is 0 Å².